The van der Waals surface area contributed by atoms with Gasteiger partial charge in [-0.1, -0.05) is 18.2 Å². The number of carbonyl (C=O) groups excluding carboxylic acids is 1. The van der Waals surface area contributed by atoms with Crippen LogP contribution in [-0.4, -0.2) is 18.0 Å². The lowest BCUT2D eigenvalue weighted by Gasteiger charge is -2.08. The smallest absolute Gasteiger partial charge is 0.259 e. The van der Waals surface area contributed by atoms with Crippen LogP contribution in [0.2, 0.25) is 0 Å². The van der Waals surface area contributed by atoms with E-state index in [9.17, 15) is 4.79 Å². The van der Waals surface area contributed by atoms with Gasteiger partial charge in [0, 0.05) is 11.3 Å². The monoisotopic (exact) mass is 372 g/mol. The van der Waals surface area contributed by atoms with Gasteiger partial charge in [0.2, 0.25) is 5.89 Å². The number of ether oxygens (including phenoxy) is 1. The molecule has 5 nitrogen and oxygen atoms in total. The highest BCUT2D eigenvalue weighted by Crippen LogP contribution is 2.28. The number of hydrogen-bond acceptors (Lipinski definition) is 4. The first-order chi connectivity index (χ1) is 13.5. The zero-order valence-electron chi connectivity index (χ0n) is 15.9. The molecular weight excluding hydrogens is 352 g/mol. The highest BCUT2D eigenvalue weighted by atomic mass is 16.5. The third-order valence-electron chi connectivity index (χ3n) is 4.75. The second kappa shape index (κ2) is 7.19. The van der Waals surface area contributed by atoms with Gasteiger partial charge >= 0.3 is 0 Å². The number of benzene rings is 3. The van der Waals surface area contributed by atoms with Crippen molar-refractivity contribution in [2.75, 3.05) is 12.4 Å². The standard InChI is InChI=1S/C23H20N2O3/c1-14-8-9-16(12-15(14)2)23-25-19-13-17(10-11-21(19)28-23)24-22(26)18-6-4-5-7-20(18)27-3/h4-13H,1-3H3,(H,24,26). The molecule has 0 saturated carbocycles. The normalized spacial score (nSPS) is 10.8. The number of amides is 1. The number of fused-ring (bicyclic) bond motifs is 1. The molecule has 0 saturated heterocycles. The first-order valence-corrected chi connectivity index (χ1v) is 8.98. The fourth-order valence-electron chi connectivity index (χ4n) is 3.03. The zero-order valence-corrected chi connectivity index (χ0v) is 15.9. The van der Waals surface area contributed by atoms with Gasteiger partial charge in [-0.05, 0) is 67.4 Å². The van der Waals surface area contributed by atoms with E-state index in [1.807, 2.05) is 18.2 Å². The second-order valence-electron chi connectivity index (χ2n) is 6.65. The maximum Gasteiger partial charge on any atom is 0.259 e. The average Bonchev–Trinajstić information content (AvgIpc) is 3.13. The maximum atomic E-state index is 12.6. The molecule has 0 fully saturated rings. The molecule has 5 heteroatoms. The quantitative estimate of drug-likeness (QED) is 0.523. The Morgan fingerprint density at radius 1 is 1.00 bits per heavy atom. The lowest BCUT2D eigenvalue weighted by molar-refractivity contribution is 0.102. The Labute approximate surface area is 163 Å². The van der Waals surface area contributed by atoms with Gasteiger partial charge in [0.05, 0.1) is 12.7 Å². The van der Waals surface area contributed by atoms with Crippen molar-refractivity contribution in [2.24, 2.45) is 0 Å². The summed E-state index contributed by atoms with van der Waals surface area (Å²) in [7, 11) is 1.54. The van der Waals surface area contributed by atoms with E-state index in [0.717, 1.165) is 5.56 Å². The summed E-state index contributed by atoms with van der Waals surface area (Å²) >= 11 is 0. The molecular formula is C23H20N2O3. The van der Waals surface area contributed by atoms with Crippen molar-refractivity contribution in [1.29, 1.82) is 0 Å². The van der Waals surface area contributed by atoms with Crippen molar-refractivity contribution >= 4 is 22.7 Å². The van der Waals surface area contributed by atoms with Gasteiger partial charge < -0.3 is 14.5 Å². The Kier molecular flexibility index (Phi) is 4.57. The van der Waals surface area contributed by atoms with E-state index in [4.69, 9.17) is 9.15 Å². The Balaban J connectivity index is 1.63. The summed E-state index contributed by atoms with van der Waals surface area (Å²) in [6.07, 6.45) is 0. The minimum atomic E-state index is -0.241. The van der Waals surface area contributed by atoms with E-state index in [1.54, 1.807) is 37.4 Å². The average molecular weight is 372 g/mol. The van der Waals surface area contributed by atoms with Crippen LogP contribution >= 0.6 is 0 Å². The van der Waals surface area contributed by atoms with Crippen LogP contribution in [-0.2, 0) is 0 Å². The van der Waals surface area contributed by atoms with Crippen LogP contribution in [0.15, 0.2) is 65.1 Å². The van der Waals surface area contributed by atoms with Crippen molar-refractivity contribution in [2.45, 2.75) is 13.8 Å². The molecule has 0 aliphatic carbocycles. The third kappa shape index (κ3) is 3.34. The van der Waals surface area contributed by atoms with Crippen LogP contribution in [0.4, 0.5) is 5.69 Å². The first-order valence-electron chi connectivity index (χ1n) is 8.98. The van der Waals surface area contributed by atoms with Crippen molar-refractivity contribution in [3.05, 3.63) is 77.4 Å². The van der Waals surface area contributed by atoms with Gasteiger partial charge in [0.1, 0.15) is 11.3 Å². The van der Waals surface area contributed by atoms with E-state index in [0.29, 0.717) is 34.0 Å². The predicted octanol–water partition coefficient (Wildman–Crippen LogP) is 5.37. The molecule has 0 bridgehead atoms. The summed E-state index contributed by atoms with van der Waals surface area (Å²) in [6.45, 7) is 4.13. The number of rotatable bonds is 4. The topological polar surface area (TPSA) is 64.4 Å². The molecule has 0 unspecified atom stereocenters. The van der Waals surface area contributed by atoms with Crippen molar-refractivity contribution in [1.82, 2.24) is 4.98 Å². The summed E-state index contributed by atoms with van der Waals surface area (Å²) in [6, 6.07) is 18.6. The fourth-order valence-corrected chi connectivity index (χ4v) is 3.03. The number of methoxy groups -OCH3 is 1. The highest BCUT2D eigenvalue weighted by Gasteiger charge is 2.14. The van der Waals surface area contributed by atoms with Gasteiger partial charge in [0.15, 0.2) is 5.58 Å². The van der Waals surface area contributed by atoms with Crippen molar-refractivity contribution < 1.29 is 13.9 Å². The van der Waals surface area contributed by atoms with E-state index in [2.05, 4.69) is 36.3 Å². The predicted molar refractivity (Wildman–Crippen MR) is 110 cm³/mol. The Bertz CT molecular complexity index is 1180. The number of anilines is 1. The number of aromatic nitrogens is 1. The lowest BCUT2D eigenvalue weighted by Crippen LogP contribution is -2.13. The minimum absolute atomic E-state index is 0.241. The second-order valence-corrected chi connectivity index (χ2v) is 6.65. The SMILES string of the molecule is COc1ccccc1C(=O)Nc1ccc2oc(-c3ccc(C)c(C)c3)nc2c1. The number of oxazole rings is 1. The maximum absolute atomic E-state index is 12.6. The molecule has 1 heterocycles. The summed E-state index contributed by atoms with van der Waals surface area (Å²) < 4.78 is 11.1. The van der Waals surface area contributed by atoms with E-state index >= 15 is 0 Å². The number of carbonyl (C=O) groups is 1. The van der Waals surface area contributed by atoms with Gasteiger partial charge in [-0.2, -0.15) is 0 Å². The summed E-state index contributed by atoms with van der Waals surface area (Å²) in [5.74, 6) is 0.848. The van der Waals surface area contributed by atoms with Crippen LogP contribution in [0, 0.1) is 13.8 Å². The van der Waals surface area contributed by atoms with Crippen LogP contribution in [0.25, 0.3) is 22.6 Å². The molecule has 0 radical (unpaired) electrons. The van der Waals surface area contributed by atoms with Crippen molar-refractivity contribution in [3.8, 4) is 17.2 Å². The van der Waals surface area contributed by atoms with Crippen LogP contribution < -0.4 is 10.1 Å². The zero-order chi connectivity index (χ0) is 19.7. The number of nitrogens with one attached hydrogen (secondary N) is 1. The lowest BCUT2D eigenvalue weighted by atomic mass is 10.1. The molecule has 0 atom stereocenters. The van der Waals surface area contributed by atoms with Gasteiger partial charge in [-0.25, -0.2) is 4.98 Å². The van der Waals surface area contributed by atoms with E-state index in [1.165, 1.54) is 11.1 Å². The molecule has 0 aliphatic rings. The van der Waals surface area contributed by atoms with Gasteiger partial charge in [0.25, 0.3) is 5.91 Å². The summed E-state index contributed by atoms with van der Waals surface area (Å²) in [5, 5.41) is 2.89. The molecule has 1 N–H and O–H groups in total. The molecule has 4 rings (SSSR count). The number of nitrogens with zero attached hydrogens (tertiary/aromatic N) is 1. The molecule has 1 aromatic heterocycles. The number of para-hydroxylation sites is 1. The van der Waals surface area contributed by atoms with Crippen LogP contribution in [0.3, 0.4) is 0 Å². The van der Waals surface area contributed by atoms with E-state index in [-0.39, 0.29) is 5.91 Å². The van der Waals surface area contributed by atoms with Crippen LogP contribution in [0.1, 0.15) is 21.5 Å². The fraction of sp³-hybridized carbons (Fsp3) is 0.130. The summed E-state index contributed by atoms with van der Waals surface area (Å²) in [5.41, 5.74) is 5.81. The van der Waals surface area contributed by atoms with Crippen molar-refractivity contribution in [3.63, 3.8) is 0 Å². The largest absolute Gasteiger partial charge is 0.496 e. The molecule has 28 heavy (non-hydrogen) atoms. The molecule has 0 aliphatic heterocycles. The molecule has 4 aromatic rings. The number of aryl methyl sites for hydroxylation is 2. The van der Waals surface area contributed by atoms with Gasteiger partial charge in [-0.3, -0.25) is 4.79 Å². The van der Waals surface area contributed by atoms with Gasteiger partial charge in [-0.15, -0.1) is 0 Å². The number of hydrogen-bond donors (Lipinski definition) is 1. The van der Waals surface area contributed by atoms with Crippen LogP contribution in [0.5, 0.6) is 5.75 Å². The third-order valence-corrected chi connectivity index (χ3v) is 4.75. The molecule has 1 amide bonds. The highest BCUT2D eigenvalue weighted by molar-refractivity contribution is 6.06. The first kappa shape index (κ1) is 17.8. The molecule has 140 valence electrons. The summed E-state index contributed by atoms with van der Waals surface area (Å²) in [4.78, 5) is 17.2. The van der Waals surface area contributed by atoms with E-state index < -0.39 is 0 Å². The molecule has 3 aromatic carbocycles. The molecule has 0 spiro atoms. The Hall–Kier alpha value is -3.60. The minimum Gasteiger partial charge on any atom is -0.496 e. The Morgan fingerprint density at radius 3 is 2.61 bits per heavy atom. The Morgan fingerprint density at radius 2 is 1.82 bits per heavy atom.